The van der Waals surface area contributed by atoms with Crippen LogP contribution in [0.1, 0.15) is 70.1 Å². The molecule has 1 aromatic carbocycles. The summed E-state index contributed by atoms with van der Waals surface area (Å²) in [5.41, 5.74) is 7.49. The van der Waals surface area contributed by atoms with Crippen LogP contribution >= 0.6 is 0 Å². The second-order valence-electron chi connectivity index (χ2n) is 8.10. The molecule has 0 amide bonds. The molecule has 1 unspecified atom stereocenters. The van der Waals surface area contributed by atoms with Gasteiger partial charge in [0.05, 0.1) is 0 Å². The molecule has 2 heterocycles. The van der Waals surface area contributed by atoms with E-state index in [9.17, 15) is 0 Å². The highest BCUT2D eigenvalue weighted by atomic mass is 15.1. The van der Waals surface area contributed by atoms with E-state index in [1.807, 2.05) is 0 Å². The fourth-order valence-corrected chi connectivity index (χ4v) is 4.42. The standard InChI is InChI=1S/C24H34N/c1-6-18(4)15-20-12-14-25-23(17-20)22-16-19(5)9-10-21(22)11-13-24(25,7-2)8-3/h9-10,12,14,16-18H,6-8,11,13,15H2,1-5H3/q+1. The van der Waals surface area contributed by atoms with E-state index in [0.717, 1.165) is 5.92 Å². The van der Waals surface area contributed by atoms with Crippen LogP contribution in [-0.4, -0.2) is 0 Å². The van der Waals surface area contributed by atoms with Crippen LogP contribution in [0.15, 0.2) is 36.5 Å². The molecule has 0 bridgehead atoms. The Labute approximate surface area is 154 Å². The van der Waals surface area contributed by atoms with Crippen molar-refractivity contribution in [1.29, 1.82) is 0 Å². The molecule has 3 rings (SSSR count). The fourth-order valence-electron chi connectivity index (χ4n) is 4.42. The van der Waals surface area contributed by atoms with E-state index < -0.39 is 0 Å². The maximum Gasteiger partial charge on any atom is 0.213 e. The van der Waals surface area contributed by atoms with Gasteiger partial charge in [-0.15, -0.1) is 0 Å². The lowest BCUT2D eigenvalue weighted by Crippen LogP contribution is -2.56. The largest absolute Gasteiger partial charge is 0.213 e. The van der Waals surface area contributed by atoms with Crippen molar-refractivity contribution < 1.29 is 4.57 Å². The minimum Gasteiger partial charge on any atom is -0.193 e. The zero-order valence-electron chi connectivity index (χ0n) is 16.7. The summed E-state index contributed by atoms with van der Waals surface area (Å²) in [7, 11) is 0. The van der Waals surface area contributed by atoms with Gasteiger partial charge in [-0.3, -0.25) is 0 Å². The summed E-state index contributed by atoms with van der Waals surface area (Å²) in [4.78, 5) is 0. The maximum atomic E-state index is 2.61. The first-order valence-corrected chi connectivity index (χ1v) is 10.2. The molecule has 1 atom stereocenters. The van der Waals surface area contributed by atoms with Gasteiger partial charge in [-0.2, -0.15) is 4.57 Å². The van der Waals surface area contributed by atoms with Gasteiger partial charge < -0.3 is 0 Å². The van der Waals surface area contributed by atoms with Gasteiger partial charge in [0.2, 0.25) is 5.69 Å². The summed E-state index contributed by atoms with van der Waals surface area (Å²) >= 11 is 0. The van der Waals surface area contributed by atoms with Gasteiger partial charge >= 0.3 is 0 Å². The average molecular weight is 337 g/mol. The number of hydrogen-bond donors (Lipinski definition) is 0. The van der Waals surface area contributed by atoms with E-state index >= 15 is 0 Å². The van der Waals surface area contributed by atoms with Crippen molar-refractivity contribution in [2.24, 2.45) is 5.92 Å². The van der Waals surface area contributed by atoms with Crippen LogP contribution in [0.2, 0.25) is 0 Å². The molecule has 25 heavy (non-hydrogen) atoms. The van der Waals surface area contributed by atoms with Crippen molar-refractivity contribution in [3.05, 3.63) is 53.2 Å². The molecule has 0 N–H and O–H groups in total. The van der Waals surface area contributed by atoms with E-state index in [0.29, 0.717) is 0 Å². The third kappa shape index (κ3) is 3.38. The summed E-state index contributed by atoms with van der Waals surface area (Å²) in [6.07, 6.45) is 9.61. The second kappa shape index (κ2) is 7.32. The molecule has 0 spiro atoms. The highest BCUT2D eigenvalue weighted by Crippen LogP contribution is 2.35. The van der Waals surface area contributed by atoms with E-state index in [4.69, 9.17) is 0 Å². The molecule has 1 heteroatoms. The van der Waals surface area contributed by atoms with Gasteiger partial charge in [-0.05, 0) is 42.9 Å². The van der Waals surface area contributed by atoms with Crippen LogP contribution in [-0.2, 0) is 18.4 Å². The van der Waals surface area contributed by atoms with Crippen molar-refractivity contribution in [3.8, 4) is 11.3 Å². The molecule has 0 saturated heterocycles. The van der Waals surface area contributed by atoms with Crippen LogP contribution in [0.25, 0.3) is 11.3 Å². The first kappa shape index (κ1) is 18.2. The predicted molar refractivity (Wildman–Crippen MR) is 107 cm³/mol. The fraction of sp³-hybridized carbons (Fsp3) is 0.542. The summed E-state index contributed by atoms with van der Waals surface area (Å²) in [5.74, 6) is 0.743. The minimum atomic E-state index is 0.247. The van der Waals surface area contributed by atoms with Crippen molar-refractivity contribution in [3.63, 3.8) is 0 Å². The van der Waals surface area contributed by atoms with E-state index in [-0.39, 0.29) is 5.54 Å². The number of hydrogen-bond acceptors (Lipinski definition) is 0. The Morgan fingerprint density at radius 3 is 2.52 bits per heavy atom. The van der Waals surface area contributed by atoms with Crippen LogP contribution < -0.4 is 4.57 Å². The van der Waals surface area contributed by atoms with E-state index in [1.165, 1.54) is 66.5 Å². The Morgan fingerprint density at radius 2 is 1.84 bits per heavy atom. The third-order valence-corrected chi connectivity index (χ3v) is 6.53. The summed E-state index contributed by atoms with van der Waals surface area (Å²) in [6.45, 7) is 11.6. The van der Waals surface area contributed by atoms with Gasteiger partial charge in [0, 0.05) is 37.0 Å². The number of aryl methyl sites for hydroxylation is 2. The van der Waals surface area contributed by atoms with Gasteiger partial charge in [0.15, 0.2) is 11.7 Å². The number of pyridine rings is 1. The molecule has 0 saturated carbocycles. The zero-order valence-corrected chi connectivity index (χ0v) is 16.7. The molecular weight excluding hydrogens is 302 g/mol. The number of rotatable bonds is 5. The van der Waals surface area contributed by atoms with Crippen LogP contribution in [0.4, 0.5) is 0 Å². The number of nitrogens with zero attached hydrogens (tertiary/aromatic N) is 1. The Balaban J connectivity index is 2.20. The quantitative estimate of drug-likeness (QED) is 0.590. The average Bonchev–Trinajstić information content (AvgIpc) is 2.76. The molecule has 0 aliphatic carbocycles. The number of benzene rings is 1. The maximum absolute atomic E-state index is 2.61. The van der Waals surface area contributed by atoms with Crippen molar-refractivity contribution in [1.82, 2.24) is 0 Å². The van der Waals surface area contributed by atoms with Gasteiger partial charge in [0.1, 0.15) is 0 Å². The molecule has 1 aliphatic rings. The zero-order chi connectivity index (χ0) is 18.0. The molecular formula is C24H34N+. The molecule has 1 nitrogen and oxygen atoms in total. The first-order chi connectivity index (χ1) is 12.0. The van der Waals surface area contributed by atoms with Gasteiger partial charge in [0.25, 0.3) is 0 Å². The predicted octanol–water partition coefficient (Wildman–Crippen LogP) is 6.00. The van der Waals surface area contributed by atoms with Crippen molar-refractivity contribution >= 4 is 0 Å². The smallest absolute Gasteiger partial charge is 0.193 e. The van der Waals surface area contributed by atoms with Crippen molar-refractivity contribution in [2.75, 3.05) is 0 Å². The third-order valence-electron chi connectivity index (χ3n) is 6.53. The Morgan fingerprint density at radius 1 is 1.08 bits per heavy atom. The lowest BCUT2D eigenvalue weighted by Gasteiger charge is -2.26. The highest BCUT2D eigenvalue weighted by molar-refractivity contribution is 5.63. The lowest BCUT2D eigenvalue weighted by molar-refractivity contribution is -0.757. The second-order valence-corrected chi connectivity index (χ2v) is 8.10. The molecule has 2 aromatic rings. The Bertz CT molecular complexity index is 740. The Hall–Kier alpha value is -1.63. The Kier molecular flexibility index (Phi) is 5.32. The molecule has 0 radical (unpaired) electrons. The minimum absolute atomic E-state index is 0.247. The van der Waals surface area contributed by atoms with Gasteiger partial charge in [-0.1, -0.05) is 51.8 Å². The van der Waals surface area contributed by atoms with Crippen LogP contribution in [0, 0.1) is 12.8 Å². The first-order valence-electron chi connectivity index (χ1n) is 10.2. The normalized spacial score (nSPS) is 16.7. The van der Waals surface area contributed by atoms with Crippen LogP contribution in [0.3, 0.4) is 0 Å². The van der Waals surface area contributed by atoms with E-state index in [2.05, 4.69) is 75.7 Å². The summed E-state index contributed by atoms with van der Waals surface area (Å²) in [5, 5.41) is 0. The topological polar surface area (TPSA) is 3.88 Å². The summed E-state index contributed by atoms with van der Waals surface area (Å²) < 4.78 is 2.61. The number of aromatic nitrogens is 1. The molecule has 134 valence electrons. The van der Waals surface area contributed by atoms with Crippen LogP contribution in [0.5, 0.6) is 0 Å². The summed E-state index contributed by atoms with van der Waals surface area (Å²) in [6, 6.07) is 11.9. The molecule has 1 aliphatic heterocycles. The van der Waals surface area contributed by atoms with Crippen molar-refractivity contribution in [2.45, 2.75) is 78.7 Å². The lowest BCUT2D eigenvalue weighted by atomic mass is 9.86. The van der Waals surface area contributed by atoms with E-state index in [1.54, 1.807) is 0 Å². The molecule has 1 aromatic heterocycles. The monoisotopic (exact) mass is 336 g/mol. The highest BCUT2D eigenvalue weighted by Gasteiger charge is 2.41. The molecule has 0 fully saturated rings. The number of fused-ring (bicyclic) bond motifs is 3. The van der Waals surface area contributed by atoms with Gasteiger partial charge in [-0.25, -0.2) is 0 Å². The SMILES string of the molecule is CCC(C)Cc1cc[n+]2c(c1)-c1cc(C)ccc1CCC2(CC)CC.